The third-order valence-electron chi connectivity index (χ3n) is 14.3. The van der Waals surface area contributed by atoms with Crippen LogP contribution < -0.4 is 9.64 Å². The van der Waals surface area contributed by atoms with Gasteiger partial charge in [0.25, 0.3) is 0 Å². The van der Waals surface area contributed by atoms with Crippen LogP contribution in [0.25, 0.3) is 56.1 Å². The van der Waals surface area contributed by atoms with E-state index < -0.39 is 0 Å². The van der Waals surface area contributed by atoms with E-state index in [2.05, 4.69) is 120 Å². The molecule has 58 heavy (non-hydrogen) atoms. The number of hydrogen-bond acceptors (Lipinski definition) is 5. The SMILES string of the molecule is c1ccc(-c2nc(-c3ccc(N4c5ccccc5Oc5ccccc54)cc3)nc(-c3ccc4c(c3)-c3cc5ccccc5cc3C43C4CC5CC(C4)CC3C5)n2)cc1. The van der Waals surface area contributed by atoms with E-state index in [1.807, 2.05) is 42.5 Å². The first-order valence-corrected chi connectivity index (χ1v) is 20.9. The summed E-state index contributed by atoms with van der Waals surface area (Å²) in [6.07, 6.45) is 6.90. The van der Waals surface area contributed by atoms with E-state index in [1.54, 1.807) is 5.56 Å². The quantitative estimate of drug-likeness (QED) is 0.179. The van der Waals surface area contributed by atoms with Crippen molar-refractivity contribution in [3.05, 3.63) is 169 Å². The molecule has 4 saturated carbocycles. The van der Waals surface area contributed by atoms with Gasteiger partial charge in [-0.05, 0) is 156 Å². The van der Waals surface area contributed by atoms with Crippen molar-refractivity contribution >= 4 is 27.8 Å². The molecule has 5 aliphatic carbocycles. The molecule has 0 saturated heterocycles. The van der Waals surface area contributed by atoms with Gasteiger partial charge in [-0.3, -0.25) is 0 Å². The lowest BCUT2D eigenvalue weighted by molar-refractivity contribution is -0.0398. The zero-order chi connectivity index (χ0) is 38.0. The fourth-order valence-electron chi connectivity index (χ4n) is 12.1. The van der Waals surface area contributed by atoms with E-state index in [-0.39, 0.29) is 5.41 Å². The molecule has 0 atom stereocenters. The number of aromatic nitrogens is 3. The van der Waals surface area contributed by atoms with E-state index in [0.29, 0.717) is 29.3 Å². The van der Waals surface area contributed by atoms with Crippen LogP contribution in [0.2, 0.25) is 0 Å². The fraction of sp³-hybridized carbons (Fsp3) is 0.189. The molecule has 0 N–H and O–H groups in total. The van der Waals surface area contributed by atoms with E-state index >= 15 is 0 Å². The number of hydrogen-bond donors (Lipinski definition) is 0. The molecule has 0 unspecified atom stereocenters. The van der Waals surface area contributed by atoms with Crippen LogP contribution in [0.4, 0.5) is 17.1 Å². The Hall–Kier alpha value is -6.59. The van der Waals surface area contributed by atoms with Gasteiger partial charge < -0.3 is 9.64 Å². The van der Waals surface area contributed by atoms with Gasteiger partial charge in [0.2, 0.25) is 0 Å². The Balaban J connectivity index is 0.951. The Morgan fingerprint density at radius 1 is 0.448 bits per heavy atom. The average Bonchev–Trinajstić information content (AvgIpc) is 3.55. The largest absolute Gasteiger partial charge is 0.453 e. The molecule has 7 aromatic carbocycles. The maximum absolute atomic E-state index is 6.29. The number of rotatable bonds is 4. The number of anilines is 3. The van der Waals surface area contributed by atoms with Gasteiger partial charge in [0.05, 0.1) is 11.4 Å². The molecule has 278 valence electrons. The van der Waals surface area contributed by atoms with Crippen molar-refractivity contribution in [2.75, 3.05) is 4.90 Å². The van der Waals surface area contributed by atoms with Crippen LogP contribution in [0.5, 0.6) is 11.5 Å². The predicted octanol–water partition coefficient (Wildman–Crippen LogP) is 13.3. The summed E-state index contributed by atoms with van der Waals surface area (Å²) in [5, 5.41) is 2.66. The van der Waals surface area contributed by atoms with Gasteiger partial charge in [-0.25, -0.2) is 15.0 Å². The normalized spacial score (nSPS) is 23.0. The Morgan fingerprint density at radius 3 is 1.62 bits per heavy atom. The van der Waals surface area contributed by atoms with Crippen molar-refractivity contribution in [3.63, 3.8) is 0 Å². The van der Waals surface area contributed by atoms with Gasteiger partial charge >= 0.3 is 0 Å². The van der Waals surface area contributed by atoms with Gasteiger partial charge in [-0.2, -0.15) is 0 Å². The number of fused-ring (bicyclic) bond motifs is 6. The lowest BCUT2D eigenvalue weighted by Crippen LogP contribution is -2.55. The number of ether oxygens (including phenoxy) is 1. The van der Waals surface area contributed by atoms with E-state index in [0.717, 1.165) is 57.1 Å². The minimum Gasteiger partial charge on any atom is -0.453 e. The van der Waals surface area contributed by atoms with Crippen molar-refractivity contribution in [1.82, 2.24) is 15.0 Å². The van der Waals surface area contributed by atoms with Gasteiger partial charge in [-0.1, -0.05) is 91.0 Å². The number of benzene rings is 7. The second kappa shape index (κ2) is 12.2. The van der Waals surface area contributed by atoms with Crippen LogP contribution in [-0.2, 0) is 5.41 Å². The highest BCUT2D eigenvalue weighted by atomic mass is 16.5. The van der Waals surface area contributed by atoms with Crippen molar-refractivity contribution in [2.45, 2.75) is 37.5 Å². The highest BCUT2D eigenvalue weighted by Crippen LogP contribution is 2.69. The van der Waals surface area contributed by atoms with Crippen molar-refractivity contribution in [1.29, 1.82) is 0 Å². The molecule has 5 heteroatoms. The molecule has 6 aliphatic rings. The average molecular weight is 749 g/mol. The van der Waals surface area contributed by atoms with Crippen LogP contribution in [0.1, 0.15) is 43.2 Å². The van der Waals surface area contributed by atoms with Gasteiger partial charge in [0.15, 0.2) is 29.0 Å². The summed E-state index contributed by atoms with van der Waals surface area (Å²) < 4.78 is 6.29. The Labute approximate surface area is 338 Å². The molecule has 0 amide bonds. The summed E-state index contributed by atoms with van der Waals surface area (Å²) in [5.74, 6) is 6.88. The zero-order valence-electron chi connectivity index (χ0n) is 32.1. The molecule has 14 rings (SSSR count). The summed E-state index contributed by atoms with van der Waals surface area (Å²) >= 11 is 0. The van der Waals surface area contributed by atoms with Crippen LogP contribution in [0.15, 0.2) is 158 Å². The molecule has 4 bridgehead atoms. The Bertz CT molecular complexity index is 2880. The van der Waals surface area contributed by atoms with Gasteiger partial charge in [0, 0.05) is 27.8 Å². The second-order valence-corrected chi connectivity index (χ2v) is 17.3. The van der Waals surface area contributed by atoms with E-state index in [9.17, 15) is 0 Å². The minimum absolute atomic E-state index is 0.0867. The highest BCUT2D eigenvalue weighted by molar-refractivity contribution is 5.95. The molecule has 8 aromatic rings. The van der Waals surface area contributed by atoms with Crippen LogP contribution in [-0.4, -0.2) is 15.0 Å². The predicted molar refractivity (Wildman–Crippen MR) is 232 cm³/mol. The third-order valence-corrected chi connectivity index (χ3v) is 14.3. The Morgan fingerprint density at radius 2 is 0.966 bits per heavy atom. The monoisotopic (exact) mass is 748 g/mol. The lowest BCUT2D eigenvalue weighted by atomic mass is 9.43. The van der Waals surface area contributed by atoms with E-state index in [4.69, 9.17) is 19.7 Å². The van der Waals surface area contributed by atoms with E-state index in [1.165, 1.54) is 59.6 Å². The molecule has 1 aliphatic heterocycles. The van der Waals surface area contributed by atoms with Crippen molar-refractivity contribution in [2.24, 2.45) is 23.7 Å². The standard InChI is InChI=1S/C53H40N4O/c1-2-10-34(11-3-1)50-54-51(35-18-21-41(22-19-35)57-46-14-6-8-16-48(46)58-49-17-9-7-15-47(49)57)56-52(55-50)38-20-23-44-42(30-38)43-29-36-12-4-5-13-37(36)31-45(43)53(44)39-25-32-24-33(27-39)28-40(53)26-32/h1-23,29-33,39-40H,24-28H2. The first-order chi connectivity index (χ1) is 28.7. The summed E-state index contributed by atoms with van der Waals surface area (Å²) in [4.78, 5) is 17.8. The molecule has 1 spiro atoms. The topological polar surface area (TPSA) is 51.1 Å². The number of nitrogens with zero attached hydrogens (tertiary/aromatic N) is 4. The summed E-state index contributed by atoms with van der Waals surface area (Å²) in [5.41, 5.74) is 11.9. The van der Waals surface area contributed by atoms with Crippen LogP contribution >= 0.6 is 0 Å². The summed E-state index contributed by atoms with van der Waals surface area (Å²) in [6.45, 7) is 0. The van der Waals surface area contributed by atoms with Crippen molar-refractivity contribution in [3.8, 4) is 56.8 Å². The lowest BCUT2D eigenvalue weighted by Gasteiger charge is -2.61. The highest BCUT2D eigenvalue weighted by Gasteiger charge is 2.61. The first kappa shape index (κ1) is 32.5. The summed E-state index contributed by atoms with van der Waals surface area (Å²) in [6, 6.07) is 56.4. The molecule has 0 radical (unpaired) electrons. The maximum atomic E-state index is 6.29. The van der Waals surface area contributed by atoms with Crippen molar-refractivity contribution < 1.29 is 4.74 Å². The van der Waals surface area contributed by atoms with Crippen LogP contribution in [0, 0.1) is 23.7 Å². The second-order valence-electron chi connectivity index (χ2n) is 17.3. The molecule has 5 nitrogen and oxygen atoms in total. The zero-order valence-corrected chi connectivity index (χ0v) is 32.1. The molecular formula is C53H40N4O. The third kappa shape index (κ3) is 4.67. The van der Waals surface area contributed by atoms with Gasteiger partial charge in [-0.15, -0.1) is 0 Å². The maximum Gasteiger partial charge on any atom is 0.164 e. The Kier molecular flexibility index (Phi) is 6.84. The molecular weight excluding hydrogens is 709 g/mol. The summed E-state index contributed by atoms with van der Waals surface area (Å²) in [7, 11) is 0. The molecule has 2 heterocycles. The smallest absolute Gasteiger partial charge is 0.164 e. The molecule has 1 aromatic heterocycles. The van der Waals surface area contributed by atoms with Crippen LogP contribution in [0.3, 0.4) is 0 Å². The minimum atomic E-state index is 0.0867. The first-order valence-electron chi connectivity index (χ1n) is 20.9. The molecule has 4 fully saturated rings. The fourth-order valence-corrected chi connectivity index (χ4v) is 12.1. The van der Waals surface area contributed by atoms with Gasteiger partial charge in [0.1, 0.15) is 0 Å². The number of para-hydroxylation sites is 4.